The van der Waals surface area contributed by atoms with Crippen LogP contribution in [-0.4, -0.2) is 53.1 Å². The summed E-state index contributed by atoms with van der Waals surface area (Å²) in [5.74, 6) is -1.42. The van der Waals surface area contributed by atoms with Gasteiger partial charge in [0.25, 0.3) is 0 Å². The van der Waals surface area contributed by atoms with Gasteiger partial charge in [-0.1, -0.05) is 19.3 Å². The van der Waals surface area contributed by atoms with E-state index in [1.54, 1.807) is 0 Å². The molecule has 2 fully saturated rings. The predicted molar refractivity (Wildman–Crippen MR) is 66.5 cm³/mol. The van der Waals surface area contributed by atoms with Gasteiger partial charge in [-0.25, -0.2) is 9.59 Å². The molecule has 1 heterocycles. The van der Waals surface area contributed by atoms with Gasteiger partial charge >= 0.3 is 12.0 Å². The van der Waals surface area contributed by atoms with Crippen LogP contribution < -0.4 is 10.6 Å². The molecule has 3 amide bonds. The molecular formula is C12H19N3O4. The van der Waals surface area contributed by atoms with Crippen LogP contribution in [0.4, 0.5) is 4.79 Å². The summed E-state index contributed by atoms with van der Waals surface area (Å²) < 4.78 is 0. The fourth-order valence-corrected chi connectivity index (χ4v) is 2.58. The van der Waals surface area contributed by atoms with Crippen LogP contribution >= 0.6 is 0 Å². The largest absolute Gasteiger partial charge is 0.480 e. The number of carboxylic acids is 1. The quantitative estimate of drug-likeness (QED) is 0.652. The van der Waals surface area contributed by atoms with E-state index in [9.17, 15) is 14.4 Å². The monoisotopic (exact) mass is 269 g/mol. The van der Waals surface area contributed by atoms with Crippen molar-refractivity contribution in [3.05, 3.63) is 0 Å². The molecule has 19 heavy (non-hydrogen) atoms. The molecule has 1 saturated heterocycles. The number of nitrogens with zero attached hydrogens (tertiary/aromatic N) is 1. The number of hydrogen-bond acceptors (Lipinski definition) is 3. The van der Waals surface area contributed by atoms with E-state index >= 15 is 0 Å². The molecule has 7 heteroatoms. The Labute approximate surface area is 111 Å². The molecular weight excluding hydrogens is 250 g/mol. The third-order valence-corrected chi connectivity index (χ3v) is 3.66. The standard InChI is InChI=1S/C12H19N3O4/c16-10-7-15(9(6-13-10)11(17)18)12(19)14-8-4-2-1-3-5-8/h8-9H,1-7H2,(H,13,16)(H,14,19)(H,17,18). The van der Waals surface area contributed by atoms with Gasteiger partial charge in [0.2, 0.25) is 5.91 Å². The molecule has 1 unspecified atom stereocenters. The third-order valence-electron chi connectivity index (χ3n) is 3.66. The van der Waals surface area contributed by atoms with Crippen LogP contribution in [0.15, 0.2) is 0 Å². The molecule has 0 aromatic carbocycles. The third kappa shape index (κ3) is 3.36. The smallest absolute Gasteiger partial charge is 0.328 e. The molecule has 2 aliphatic rings. The summed E-state index contributed by atoms with van der Waals surface area (Å²) in [4.78, 5) is 35.6. The lowest BCUT2D eigenvalue weighted by atomic mass is 9.96. The first-order valence-corrected chi connectivity index (χ1v) is 6.64. The van der Waals surface area contributed by atoms with Gasteiger partial charge in [0, 0.05) is 12.6 Å². The summed E-state index contributed by atoms with van der Waals surface area (Å²) in [5, 5.41) is 14.4. The van der Waals surface area contributed by atoms with Crippen LogP contribution in [0.25, 0.3) is 0 Å². The Bertz CT molecular complexity index is 379. The molecule has 1 atom stereocenters. The van der Waals surface area contributed by atoms with Crippen molar-refractivity contribution in [2.45, 2.75) is 44.2 Å². The van der Waals surface area contributed by atoms with E-state index in [1.165, 1.54) is 6.42 Å². The first-order valence-electron chi connectivity index (χ1n) is 6.64. The average Bonchev–Trinajstić information content (AvgIpc) is 2.39. The maximum absolute atomic E-state index is 12.1. The van der Waals surface area contributed by atoms with Crippen LogP contribution in [-0.2, 0) is 9.59 Å². The van der Waals surface area contributed by atoms with Crippen LogP contribution in [0.3, 0.4) is 0 Å². The summed E-state index contributed by atoms with van der Waals surface area (Å²) >= 11 is 0. The van der Waals surface area contributed by atoms with Crippen molar-refractivity contribution >= 4 is 17.9 Å². The highest BCUT2D eigenvalue weighted by Crippen LogP contribution is 2.18. The number of piperazine rings is 1. The van der Waals surface area contributed by atoms with Gasteiger partial charge in [0.05, 0.1) is 0 Å². The Kier molecular flexibility index (Phi) is 4.24. The molecule has 0 aromatic rings. The normalized spacial score (nSPS) is 24.7. The lowest BCUT2D eigenvalue weighted by Gasteiger charge is -2.34. The molecule has 3 N–H and O–H groups in total. The van der Waals surface area contributed by atoms with Gasteiger partial charge in [-0.3, -0.25) is 9.69 Å². The topological polar surface area (TPSA) is 98.7 Å². The lowest BCUT2D eigenvalue weighted by molar-refractivity contribution is -0.144. The number of carbonyl (C=O) groups is 3. The Balaban J connectivity index is 1.97. The van der Waals surface area contributed by atoms with E-state index in [2.05, 4.69) is 10.6 Å². The Hall–Kier alpha value is -1.79. The fraction of sp³-hybridized carbons (Fsp3) is 0.750. The number of amides is 3. The molecule has 1 aliphatic carbocycles. The highest BCUT2D eigenvalue weighted by Gasteiger charge is 2.35. The fourth-order valence-electron chi connectivity index (χ4n) is 2.58. The number of hydrogen-bond donors (Lipinski definition) is 3. The van der Waals surface area contributed by atoms with Gasteiger partial charge in [0.15, 0.2) is 0 Å². The van der Waals surface area contributed by atoms with E-state index < -0.39 is 18.0 Å². The molecule has 0 radical (unpaired) electrons. The number of nitrogens with one attached hydrogen (secondary N) is 2. The number of aliphatic carboxylic acids is 1. The van der Waals surface area contributed by atoms with E-state index in [4.69, 9.17) is 5.11 Å². The van der Waals surface area contributed by atoms with Crippen LogP contribution in [0, 0.1) is 0 Å². The average molecular weight is 269 g/mol. The van der Waals surface area contributed by atoms with Crippen molar-refractivity contribution in [2.24, 2.45) is 0 Å². The molecule has 1 aliphatic heterocycles. The SMILES string of the molecule is O=C1CN(C(=O)NC2CCCCC2)C(C(=O)O)CN1. The zero-order valence-electron chi connectivity index (χ0n) is 10.7. The van der Waals surface area contributed by atoms with Crippen molar-refractivity contribution < 1.29 is 19.5 Å². The highest BCUT2D eigenvalue weighted by atomic mass is 16.4. The highest BCUT2D eigenvalue weighted by molar-refractivity contribution is 5.90. The second-order valence-electron chi connectivity index (χ2n) is 5.07. The molecule has 0 aromatic heterocycles. The van der Waals surface area contributed by atoms with Gasteiger partial charge < -0.3 is 15.7 Å². The van der Waals surface area contributed by atoms with Crippen LogP contribution in [0.1, 0.15) is 32.1 Å². The van der Waals surface area contributed by atoms with E-state index in [1.807, 2.05) is 0 Å². The second-order valence-corrected chi connectivity index (χ2v) is 5.07. The molecule has 106 valence electrons. The van der Waals surface area contributed by atoms with Crippen molar-refractivity contribution in [3.63, 3.8) is 0 Å². The minimum Gasteiger partial charge on any atom is -0.480 e. The van der Waals surface area contributed by atoms with Gasteiger partial charge in [-0.2, -0.15) is 0 Å². The number of carbonyl (C=O) groups excluding carboxylic acids is 2. The van der Waals surface area contributed by atoms with Crippen LogP contribution in [0.2, 0.25) is 0 Å². The van der Waals surface area contributed by atoms with E-state index in [0.717, 1.165) is 30.6 Å². The number of urea groups is 1. The van der Waals surface area contributed by atoms with Crippen LogP contribution in [0.5, 0.6) is 0 Å². The summed E-state index contributed by atoms with van der Waals surface area (Å²) in [7, 11) is 0. The molecule has 0 spiro atoms. The van der Waals surface area contributed by atoms with Gasteiger partial charge in [-0.05, 0) is 12.8 Å². The Morgan fingerprint density at radius 3 is 2.58 bits per heavy atom. The zero-order chi connectivity index (χ0) is 13.8. The molecule has 2 rings (SSSR count). The summed E-state index contributed by atoms with van der Waals surface area (Å²) in [5.41, 5.74) is 0. The maximum Gasteiger partial charge on any atom is 0.328 e. The summed E-state index contributed by atoms with van der Waals surface area (Å²) in [6, 6.07) is -1.34. The number of carboxylic acid groups (broad SMARTS) is 1. The predicted octanol–water partition coefficient (Wildman–Crippen LogP) is -0.0863. The first kappa shape index (κ1) is 13.6. The minimum atomic E-state index is -1.10. The lowest BCUT2D eigenvalue weighted by Crippen LogP contribution is -2.62. The van der Waals surface area contributed by atoms with Crippen molar-refractivity contribution in [1.29, 1.82) is 0 Å². The molecule has 1 saturated carbocycles. The molecule has 0 bridgehead atoms. The summed E-state index contributed by atoms with van der Waals surface area (Å²) in [6.07, 6.45) is 5.17. The number of rotatable bonds is 2. The second kappa shape index (κ2) is 5.90. The van der Waals surface area contributed by atoms with Crippen molar-refractivity contribution in [2.75, 3.05) is 13.1 Å². The first-order chi connectivity index (χ1) is 9.08. The van der Waals surface area contributed by atoms with E-state index in [-0.39, 0.29) is 25.0 Å². The van der Waals surface area contributed by atoms with E-state index in [0.29, 0.717) is 0 Å². The minimum absolute atomic E-state index is 0.0355. The van der Waals surface area contributed by atoms with Crippen molar-refractivity contribution in [3.8, 4) is 0 Å². The van der Waals surface area contributed by atoms with Gasteiger partial charge in [-0.15, -0.1) is 0 Å². The van der Waals surface area contributed by atoms with Gasteiger partial charge in [0.1, 0.15) is 12.6 Å². The Morgan fingerprint density at radius 2 is 1.95 bits per heavy atom. The zero-order valence-corrected chi connectivity index (χ0v) is 10.7. The maximum atomic E-state index is 12.1. The van der Waals surface area contributed by atoms with Crippen molar-refractivity contribution in [1.82, 2.24) is 15.5 Å². The molecule has 7 nitrogen and oxygen atoms in total. The summed E-state index contributed by atoms with van der Waals surface area (Å²) in [6.45, 7) is -0.234. The Morgan fingerprint density at radius 1 is 1.26 bits per heavy atom.